The summed E-state index contributed by atoms with van der Waals surface area (Å²) in [4.78, 5) is 0. The van der Waals surface area contributed by atoms with Crippen LogP contribution in [0.3, 0.4) is 0 Å². The molecule has 0 saturated carbocycles. The summed E-state index contributed by atoms with van der Waals surface area (Å²) in [6, 6.07) is 38.8. The maximum atomic E-state index is 5.72. The van der Waals surface area contributed by atoms with Crippen LogP contribution in [0.15, 0.2) is 109 Å². The first kappa shape index (κ1) is 20.1. The minimum atomic E-state index is 0.666. The first-order valence-electron chi connectivity index (χ1n) is 11.2. The normalized spacial score (nSPS) is 10.9. The third kappa shape index (κ3) is 3.56. The van der Waals surface area contributed by atoms with E-state index in [2.05, 4.69) is 116 Å². The lowest BCUT2D eigenvalue weighted by Crippen LogP contribution is -1.97. The Morgan fingerprint density at radius 2 is 1.00 bits per heavy atom. The Balaban J connectivity index is 1.93. The molecule has 0 N–H and O–H groups in total. The van der Waals surface area contributed by atoms with E-state index < -0.39 is 0 Å². The average Bonchev–Trinajstić information content (AvgIpc) is 2.86. The molecule has 0 saturated heterocycles. The highest BCUT2D eigenvalue weighted by atomic mass is 16.5. The van der Waals surface area contributed by atoms with Crippen molar-refractivity contribution in [2.24, 2.45) is 0 Å². The number of benzene rings is 5. The quantitative estimate of drug-likeness (QED) is 0.280. The van der Waals surface area contributed by atoms with Crippen LogP contribution in [0.4, 0.5) is 0 Å². The van der Waals surface area contributed by atoms with Crippen molar-refractivity contribution in [3.63, 3.8) is 0 Å². The molecule has 0 aliphatic rings. The molecule has 0 bridgehead atoms. The van der Waals surface area contributed by atoms with E-state index in [4.69, 9.17) is 4.74 Å². The number of hydrogen-bond acceptors (Lipinski definition) is 1. The van der Waals surface area contributed by atoms with Gasteiger partial charge in [0.05, 0.1) is 6.61 Å². The van der Waals surface area contributed by atoms with E-state index in [0.717, 1.165) is 5.75 Å². The highest BCUT2D eigenvalue weighted by Crippen LogP contribution is 2.47. The Labute approximate surface area is 189 Å². The van der Waals surface area contributed by atoms with Gasteiger partial charge in [-0.25, -0.2) is 0 Å². The largest absolute Gasteiger partial charge is 0.494 e. The Morgan fingerprint density at radius 1 is 0.500 bits per heavy atom. The van der Waals surface area contributed by atoms with Gasteiger partial charge in [-0.05, 0) is 75.7 Å². The SMILES string of the molecule is CCOc1ccc(-c2c(-c3ccccc3)c(C)c3ccccc3c2-c2ccccc2)cc1. The summed E-state index contributed by atoms with van der Waals surface area (Å²) in [7, 11) is 0. The van der Waals surface area contributed by atoms with Crippen LogP contribution >= 0.6 is 0 Å². The maximum absolute atomic E-state index is 5.72. The molecular formula is C31H26O. The molecule has 1 heteroatoms. The molecule has 0 spiro atoms. The van der Waals surface area contributed by atoms with Crippen LogP contribution in [0.25, 0.3) is 44.2 Å². The van der Waals surface area contributed by atoms with E-state index >= 15 is 0 Å². The zero-order valence-electron chi connectivity index (χ0n) is 18.5. The van der Waals surface area contributed by atoms with Gasteiger partial charge in [-0.2, -0.15) is 0 Å². The maximum Gasteiger partial charge on any atom is 0.119 e. The monoisotopic (exact) mass is 414 g/mol. The second-order valence-electron chi connectivity index (χ2n) is 7.99. The lowest BCUT2D eigenvalue weighted by Gasteiger charge is -2.22. The molecule has 0 radical (unpaired) electrons. The van der Waals surface area contributed by atoms with Crippen molar-refractivity contribution in [2.45, 2.75) is 13.8 Å². The van der Waals surface area contributed by atoms with E-state index in [9.17, 15) is 0 Å². The van der Waals surface area contributed by atoms with Crippen molar-refractivity contribution in [1.82, 2.24) is 0 Å². The first-order chi connectivity index (χ1) is 15.8. The fourth-order valence-corrected chi connectivity index (χ4v) is 4.65. The second-order valence-corrected chi connectivity index (χ2v) is 7.99. The summed E-state index contributed by atoms with van der Waals surface area (Å²) in [5.41, 5.74) is 8.78. The number of fused-ring (bicyclic) bond motifs is 1. The lowest BCUT2D eigenvalue weighted by atomic mass is 9.81. The van der Waals surface area contributed by atoms with Gasteiger partial charge < -0.3 is 4.74 Å². The van der Waals surface area contributed by atoms with Crippen molar-refractivity contribution in [1.29, 1.82) is 0 Å². The van der Waals surface area contributed by atoms with Gasteiger partial charge >= 0.3 is 0 Å². The zero-order chi connectivity index (χ0) is 21.9. The van der Waals surface area contributed by atoms with Gasteiger partial charge in [0.15, 0.2) is 0 Å². The lowest BCUT2D eigenvalue weighted by molar-refractivity contribution is 0.340. The molecule has 5 rings (SSSR count). The summed E-state index contributed by atoms with van der Waals surface area (Å²) < 4.78 is 5.72. The van der Waals surface area contributed by atoms with Crippen LogP contribution in [0.5, 0.6) is 5.75 Å². The highest BCUT2D eigenvalue weighted by Gasteiger charge is 2.20. The molecule has 1 nitrogen and oxygen atoms in total. The Kier molecular flexibility index (Phi) is 5.47. The Hall–Kier alpha value is -3.84. The topological polar surface area (TPSA) is 9.23 Å². The molecule has 0 unspecified atom stereocenters. The molecule has 0 atom stereocenters. The first-order valence-corrected chi connectivity index (χ1v) is 11.2. The number of ether oxygens (including phenoxy) is 1. The molecule has 0 aromatic heterocycles. The summed E-state index contributed by atoms with van der Waals surface area (Å²) in [5.74, 6) is 0.899. The van der Waals surface area contributed by atoms with E-state index in [1.807, 2.05) is 6.92 Å². The third-order valence-corrected chi connectivity index (χ3v) is 6.05. The third-order valence-electron chi connectivity index (χ3n) is 6.05. The number of hydrogen-bond donors (Lipinski definition) is 0. The van der Waals surface area contributed by atoms with Crippen molar-refractivity contribution < 1.29 is 4.74 Å². The van der Waals surface area contributed by atoms with Crippen LogP contribution in [-0.2, 0) is 0 Å². The van der Waals surface area contributed by atoms with Gasteiger partial charge in [-0.1, -0.05) is 97.1 Å². The van der Waals surface area contributed by atoms with Gasteiger partial charge in [-0.3, -0.25) is 0 Å². The fraction of sp³-hybridized carbons (Fsp3) is 0.0968. The average molecular weight is 415 g/mol. The van der Waals surface area contributed by atoms with Crippen molar-refractivity contribution >= 4 is 10.8 Å². The molecule has 5 aromatic carbocycles. The summed E-state index contributed by atoms with van der Waals surface area (Å²) >= 11 is 0. The van der Waals surface area contributed by atoms with E-state index in [-0.39, 0.29) is 0 Å². The molecule has 5 aromatic rings. The van der Waals surface area contributed by atoms with E-state index in [1.165, 1.54) is 49.7 Å². The van der Waals surface area contributed by atoms with Crippen LogP contribution in [0, 0.1) is 6.92 Å². The van der Waals surface area contributed by atoms with E-state index in [0.29, 0.717) is 6.61 Å². The highest BCUT2D eigenvalue weighted by molar-refractivity contribution is 6.11. The molecule has 0 fully saturated rings. The van der Waals surface area contributed by atoms with Crippen molar-refractivity contribution in [3.8, 4) is 39.1 Å². The summed E-state index contributed by atoms with van der Waals surface area (Å²) in [5, 5.41) is 2.57. The minimum Gasteiger partial charge on any atom is -0.494 e. The zero-order valence-corrected chi connectivity index (χ0v) is 18.5. The van der Waals surface area contributed by atoms with Crippen molar-refractivity contribution in [2.75, 3.05) is 6.61 Å². The molecular weight excluding hydrogens is 388 g/mol. The number of aryl methyl sites for hydroxylation is 1. The summed E-state index contributed by atoms with van der Waals surface area (Å²) in [6.07, 6.45) is 0. The standard InChI is InChI=1S/C31H26O/c1-3-32-26-20-18-25(19-21-26)31-29(23-12-6-4-7-13-23)22(2)27-16-10-11-17-28(27)30(31)24-14-8-5-9-15-24/h4-21H,3H2,1-2H3. The van der Waals surface area contributed by atoms with Gasteiger partial charge in [0.2, 0.25) is 0 Å². The van der Waals surface area contributed by atoms with Gasteiger partial charge in [0, 0.05) is 0 Å². The van der Waals surface area contributed by atoms with Crippen molar-refractivity contribution in [3.05, 3.63) is 115 Å². The predicted octanol–water partition coefficient (Wildman–Crippen LogP) is 8.55. The van der Waals surface area contributed by atoms with Gasteiger partial charge in [-0.15, -0.1) is 0 Å². The minimum absolute atomic E-state index is 0.666. The Bertz CT molecular complexity index is 1350. The van der Waals surface area contributed by atoms with Gasteiger partial charge in [0.1, 0.15) is 5.75 Å². The number of rotatable bonds is 5. The van der Waals surface area contributed by atoms with Gasteiger partial charge in [0.25, 0.3) is 0 Å². The predicted molar refractivity (Wildman–Crippen MR) is 136 cm³/mol. The Morgan fingerprint density at radius 3 is 1.59 bits per heavy atom. The smallest absolute Gasteiger partial charge is 0.119 e. The second kappa shape index (κ2) is 8.72. The molecule has 32 heavy (non-hydrogen) atoms. The van der Waals surface area contributed by atoms with Crippen LogP contribution in [-0.4, -0.2) is 6.61 Å². The summed E-state index contributed by atoms with van der Waals surface area (Å²) in [6.45, 7) is 4.93. The molecule has 0 heterocycles. The molecule has 0 aliphatic carbocycles. The fourth-order valence-electron chi connectivity index (χ4n) is 4.65. The van der Waals surface area contributed by atoms with E-state index in [1.54, 1.807) is 0 Å². The molecule has 0 amide bonds. The molecule has 156 valence electrons. The molecule has 0 aliphatic heterocycles. The van der Waals surface area contributed by atoms with Crippen LogP contribution < -0.4 is 4.74 Å². The van der Waals surface area contributed by atoms with Crippen LogP contribution in [0.2, 0.25) is 0 Å². The van der Waals surface area contributed by atoms with Crippen LogP contribution in [0.1, 0.15) is 12.5 Å².